The van der Waals surface area contributed by atoms with E-state index in [0.29, 0.717) is 11.7 Å². The lowest BCUT2D eigenvalue weighted by atomic mass is 10.1. The molecule has 0 aliphatic carbocycles. The average molecular weight is 440 g/mol. The van der Waals surface area contributed by atoms with Crippen LogP contribution in [0.1, 0.15) is 35.4 Å². The number of ether oxygens (including phenoxy) is 1. The Morgan fingerprint density at radius 1 is 1.20 bits per heavy atom. The maximum atomic E-state index is 5.91. The molecule has 0 N–H and O–H groups in total. The van der Waals surface area contributed by atoms with Crippen molar-refractivity contribution in [3.63, 3.8) is 0 Å². The minimum atomic E-state index is -0.170. The summed E-state index contributed by atoms with van der Waals surface area (Å²) in [5.74, 6) is 2.05. The summed E-state index contributed by atoms with van der Waals surface area (Å²) in [7, 11) is 0. The van der Waals surface area contributed by atoms with Gasteiger partial charge in [0.25, 0.3) is 0 Å². The zero-order valence-electron chi connectivity index (χ0n) is 16.5. The lowest BCUT2D eigenvalue weighted by Crippen LogP contribution is -2.17. The van der Waals surface area contributed by atoms with Crippen LogP contribution >= 0.6 is 23.1 Å². The van der Waals surface area contributed by atoms with Crippen LogP contribution in [0.4, 0.5) is 0 Å². The number of aryl methyl sites for hydroxylation is 1. The normalized spacial score (nSPS) is 17.4. The van der Waals surface area contributed by atoms with Crippen LogP contribution in [-0.4, -0.2) is 37.6 Å². The SMILES string of the molecule is Cc1noc([C@H](Sc2nnc(-c3cccs3)n2C[C@H]2CCCO2)c2ccccc2)n1. The van der Waals surface area contributed by atoms with Gasteiger partial charge in [0.05, 0.1) is 17.5 Å². The van der Waals surface area contributed by atoms with Crippen LogP contribution in [0.2, 0.25) is 0 Å². The number of hydrogen-bond donors (Lipinski definition) is 0. The summed E-state index contributed by atoms with van der Waals surface area (Å²) < 4.78 is 13.6. The first kappa shape index (κ1) is 19.5. The first-order valence-electron chi connectivity index (χ1n) is 9.88. The van der Waals surface area contributed by atoms with Gasteiger partial charge in [-0.05, 0) is 36.8 Å². The second-order valence-electron chi connectivity index (χ2n) is 7.12. The summed E-state index contributed by atoms with van der Waals surface area (Å²) in [5, 5.41) is 15.8. The molecule has 2 atom stereocenters. The second-order valence-corrected chi connectivity index (χ2v) is 9.14. The molecule has 7 nitrogen and oxygen atoms in total. The zero-order chi connectivity index (χ0) is 20.3. The van der Waals surface area contributed by atoms with Crippen LogP contribution in [0.5, 0.6) is 0 Å². The maximum absolute atomic E-state index is 5.91. The number of hydrogen-bond acceptors (Lipinski definition) is 8. The number of rotatable bonds is 7. The molecule has 9 heteroatoms. The van der Waals surface area contributed by atoms with E-state index in [9.17, 15) is 0 Å². The predicted octanol–water partition coefficient (Wildman–Crippen LogP) is 4.76. The van der Waals surface area contributed by atoms with Crippen molar-refractivity contribution in [3.05, 3.63) is 65.1 Å². The maximum Gasteiger partial charge on any atom is 0.244 e. The second kappa shape index (κ2) is 8.71. The number of benzene rings is 1. The Balaban J connectivity index is 1.53. The molecule has 0 bridgehead atoms. The third-order valence-corrected chi connectivity index (χ3v) is 7.05. The van der Waals surface area contributed by atoms with E-state index in [1.807, 2.05) is 31.2 Å². The van der Waals surface area contributed by atoms with E-state index in [2.05, 4.69) is 48.5 Å². The Hall–Kier alpha value is -2.49. The molecule has 0 spiro atoms. The first-order valence-corrected chi connectivity index (χ1v) is 11.6. The molecule has 3 aromatic heterocycles. The fourth-order valence-electron chi connectivity index (χ4n) is 3.53. The largest absolute Gasteiger partial charge is 0.376 e. The highest BCUT2D eigenvalue weighted by atomic mass is 32.2. The van der Waals surface area contributed by atoms with E-state index in [1.165, 1.54) is 0 Å². The molecule has 4 aromatic rings. The van der Waals surface area contributed by atoms with Gasteiger partial charge in [0.15, 0.2) is 16.8 Å². The summed E-state index contributed by atoms with van der Waals surface area (Å²) in [4.78, 5) is 5.59. The summed E-state index contributed by atoms with van der Waals surface area (Å²) in [6.45, 7) is 3.37. The molecular weight excluding hydrogens is 418 g/mol. The summed E-state index contributed by atoms with van der Waals surface area (Å²) in [6, 6.07) is 14.3. The van der Waals surface area contributed by atoms with Crippen LogP contribution in [0.25, 0.3) is 10.7 Å². The van der Waals surface area contributed by atoms with Crippen molar-refractivity contribution in [2.45, 2.75) is 42.8 Å². The van der Waals surface area contributed by atoms with Gasteiger partial charge >= 0.3 is 0 Å². The highest BCUT2D eigenvalue weighted by Crippen LogP contribution is 2.40. The molecule has 1 fully saturated rings. The average Bonchev–Trinajstić information content (AvgIpc) is 3.56. The van der Waals surface area contributed by atoms with Crippen molar-refractivity contribution in [2.75, 3.05) is 6.61 Å². The number of thioether (sulfide) groups is 1. The highest BCUT2D eigenvalue weighted by molar-refractivity contribution is 7.99. The van der Waals surface area contributed by atoms with Gasteiger partial charge in [-0.1, -0.05) is 53.3 Å². The number of nitrogens with zero attached hydrogens (tertiary/aromatic N) is 5. The van der Waals surface area contributed by atoms with Crippen molar-refractivity contribution >= 4 is 23.1 Å². The van der Waals surface area contributed by atoms with Gasteiger partial charge in [-0.3, -0.25) is 4.57 Å². The standard InChI is InChI=1S/C21H21N5O2S2/c1-14-22-20(28-25-14)18(15-7-3-2-4-8-15)30-21-24-23-19(17-10-6-12-29-17)26(21)13-16-9-5-11-27-16/h2-4,6-8,10,12,16,18H,5,9,11,13H2,1H3/t16-,18-/m1/s1. The Labute approximate surface area is 182 Å². The Kier molecular flexibility index (Phi) is 5.65. The molecule has 1 aliphatic heterocycles. The summed E-state index contributed by atoms with van der Waals surface area (Å²) in [6.07, 6.45) is 2.33. The van der Waals surface area contributed by atoms with Crippen molar-refractivity contribution in [1.82, 2.24) is 24.9 Å². The molecule has 0 amide bonds. The Morgan fingerprint density at radius 3 is 2.80 bits per heavy atom. The third-order valence-electron chi connectivity index (χ3n) is 4.96. The van der Waals surface area contributed by atoms with E-state index in [4.69, 9.17) is 9.26 Å². The van der Waals surface area contributed by atoms with Crippen molar-refractivity contribution in [3.8, 4) is 10.7 Å². The van der Waals surface area contributed by atoms with E-state index in [0.717, 1.165) is 47.4 Å². The lowest BCUT2D eigenvalue weighted by molar-refractivity contribution is 0.0953. The van der Waals surface area contributed by atoms with Crippen molar-refractivity contribution < 1.29 is 9.26 Å². The fraction of sp³-hybridized carbons (Fsp3) is 0.333. The van der Waals surface area contributed by atoms with E-state index >= 15 is 0 Å². The fourth-order valence-corrected chi connectivity index (χ4v) is 5.33. The molecular formula is C21H21N5O2S2. The van der Waals surface area contributed by atoms with E-state index in [1.54, 1.807) is 23.1 Å². The van der Waals surface area contributed by atoms with Crippen molar-refractivity contribution in [1.29, 1.82) is 0 Å². The Morgan fingerprint density at radius 2 is 2.10 bits per heavy atom. The molecule has 1 saturated heterocycles. The smallest absolute Gasteiger partial charge is 0.244 e. The van der Waals surface area contributed by atoms with E-state index < -0.39 is 0 Å². The van der Waals surface area contributed by atoms with Gasteiger partial charge in [-0.15, -0.1) is 21.5 Å². The molecule has 0 radical (unpaired) electrons. The molecule has 30 heavy (non-hydrogen) atoms. The first-order chi connectivity index (χ1) is 14.8. The minimum Gasteiger partial charge on any atom is -0.376 e. The van der Waals surface area contributed by atoms with Gasteiger partial charge < -0.3 is 9.26 Å². The van der Waals surface area contributed by atoms with Gasteiger partial charge in [-0.25, -0.2) is 0 Å². The van der Waals surface area contributed by atoms with Crippen molar-refractivity contribution in [2.24, 2.45) is 0 Å². The van der Waals surface area contributed by atoms with Gasteiger partial charge in [0.1, 0.15) is 5.25 Å². The predicted molar refractivity (Wildman–Crippen MR) is 115 cm³/mol. The quantitative estimate of drug-likeness (QED) is 0.384. The molecule has 1 aliphatic rings. The monoisotopic (exact) mass is 439 g/mol. The van der Waals surface area contributed by atoms with Gasteiger partial charge in [0, 0.05) is 6.61 Å². The number of aromatic nitrogens is 5. The molecule has 1 aromatic carbocycles. The summed E-state index contributed by atoms with van der Waals surface area (Å²) >= 11 is 3.24. The van der Waals surface area contributed by atoms with Crippen LogP contribution < -0.4 is 0 Å². The molecule has 154 valence electrons. The van der Waals surface area contributed by atoms with Crippen LogP contribution in [0, 0.1) is 6.92 Å². The minimum absolute atomic E-state index is 0.170. The zero-order valence-corrected chi connectivity index (χ0v) is 18.1. The lowest BCUT2D eigenvalue weighted by Gasteiger charge is -2.17. The molecule has 4 heterocycles. The molecule has 5 rings (SSSR count). The highest BCUT2D eigenvalue weighted by Gasteiger charge is 2.28. The molecule has 0 unspecified atom stereocenters. The van der Waals surface area contributed by atoms with Crippen LogP contribution in [0.3, 0.4) is 0 Å². The third kappa shape index (κ3) is 4.05. The van der Waals surface area contributed by atoms with Crippen LogP contribution in [0.15, 0.2) is 57.5 Å². The number of thiophene rings is 1. The topological polar surface area (TPSA) is 78.9 Å². The van der Waals surface area contributed by atoms with Gasteiger partial charge in [0.2, 0.25) is 5.89 Å². The summed E-state index contributed by atoms with van der Waals surface area (Å²) in [5.41, 5.74) is 1.08. The van der Waals surface area contributed by atoms with Gasteiger partial charge in [-0.2, -0.15) is 4.98 Å². The Bertz CT molecular complexity index is 1090. The molecule has 0 saturated carbocycles. The van der Waals surface area contributed by atoms with E-state index in [-0.39, 0.29) is 11.4 Å². The van der Waals surface area contributed by atoms with Crippen LogP contribution in [-0.2, 0) is 11.3 Å².